The summed E-state index contributed by atoms with van der Waals surface area (Å²) in [5.74, 6) is 0.278. The summed E-state index contributed by atoms with van der Waals surface area (Å²) in [6.45, 7) is 5.75. The first-order chi connectivity index (χ1) is 7.87. The van der Waals surface area contributed by atoms with Gasteiger partial charge in [0.1, 0.15) is 6.61 Å². The van der Waals surface area contributed by atoms with Crippen molar-refractivity contribution in [2.24, 2.45) is 5.73 Å². The first-order valence-electron chi connectivity index (χ1n) is 5.53. The Balaban J connectivity index is 2.92. The van der Waals surface area contributed by atoms with Gasteiger partial charge in [0.2, 0.25) is 0 Å². The van der Waals surface area contributed by atoms with Crippen LogP contribution in [0.4, 0.5) is 5.69 Å². The van der Waals surface area contributed by atoms with Crippen molar-refractivity contribution >= 4 is 5.69 Å². The van der Waals surface area contributed by atoms with E-state index in [1.807, 2.05) is 13.8 Å². The highest BCUT2D eigenvalue weighted by molar-refractivity contribution is 5.52. The van der Waals surface area contributed by atoms with Crippen LogP contribution in [-0.2, 0) is 0 Å². The van der Waals surface area contributed by atoms with E-state index < -0.39 is 10.5 Å². The largest absolute Gasteiger partial charge is 0.485 e. The molecular weight excluding hydrogens is 220 g/mol. The third kappa shape index (κ3) is 3.42. The van der Waals surface area contributed by atoms with Gasteiger partial charge in [-0.1, -0.05) is 19.1 Å². The van der Waals surface area contributed by atoms with Crippen molar-refractivity contribution in [1.29, 1.82) is 0 Å². The summed E-state index contributed by atoms with van der Waals surface area (Å²) in [4.78, 5) is 10.5. The number of nitro groups is 1. The second-order valence-corrected chi connectivity index (χ2v) is 4.48. The van der Waals surface area contributed by atoms with E-state index in [-0.39, 0.29) is 18.0 Å². The van der Waals surface area contributed by atoms with Gasteiger partial charge in [0.25, 0.3) is 0 Å². The van der Waals surface area contributed by atoms with Crippen LogP contribution in [0.5, 0.6) is 5.75 Å². The molecule has 0 aromatic heterocycles. The van der Waals surface area contributed by atoms with Crippen molar-refractivity contribution < 1.29 is 9.66 Å². The fourth-order valence-corrected chi connectivity index (χ4v) is 1.33. The first kappa shape index (κ1) is 13.4. The van der Waals surface area contributed by atoms with Crippen LogP contribution in [0, 0.1) is 17.0 Å². The van der Waals surface area contributed by atoms with Gasteiger partial charge in [-0.2, -0.15) is 0 Å². The minimum atomic E-state index is -0.475. The number of ether oxygens (including phenoxy) is 1. The second-order valence-electron chi connectivity index (χ2n) is 4.48. The summed E-state index contributed by atoms with van der Waals surface area (Å²) < 4.78 is 5.47. The molecule has 17 heavy (non-hydrogen) atoms. The van der Waals surface area contributed by atoms with Gasteiger partial charge in [0.15, 0.2) is 5.75 Å². The molecule has 1 rings (SSSR count). The van der Waals surface area contributed by atoms with E-state index in [2.05, 4.69) is 0 Å². The number of benzene rings is 1. The van der Waals surface area contributed by atoms with Crippen molar-refractivity contribution in [1.82, 2.24) is 0 Å². The molecule has 2 N–H and O–H groups in total. The van der Waals surface area contributed by atoms with Crippen LogP contribution in [-0.4, -0.2) is 17.1 Å². The lowest BCUT2D eigenvalue weighted by Crippen LogP contribution is -2.41. The Kier molecular flexibility index (Phi) is 4.07. The number of hydrogen-bond acceptors (Lipinski definition) is 4. The molecule has 0 aliphatic heterocycles. The number of nitrogens with two attached hydrogens (primary N) is 1. The lowest BCUT2D eigenvalue weighted by molar-refractivity contribution is -0.386. The van der Waals surface area contributed by atoms with Gasteiger partial charge < -0.3 is 10.5 Å². The molecule has 94 valence electrons. The maximum Gasteiger partial charge on any atom is 0.313 e. The third-order valence-electron chi connectivity index (χ3n) is 2.75. The highest BCUT2D eigenvalue weighted by Gasteiger charge is 2.22. The van der Waals surface area contributed by atoms with Crippen LogP contribution in [0.3, 0.4) is 0 Å². The molecular formula is C12H18N2O3. The Bertz CT molecular complexity index is 416. The SMILES string of the molecule is CCC(C)(N)COc1cccc(C)c1[N+](=O)[O-]. The summed E-state index contributed by atoms with van der Waals surface area (Å²) in [5, 5.41) is 10.9. The molecule has 0 fully saturated rings. The van der Waals surface area contributed by atoms with Crippen molar-refractivity contribution in [2.75, 3.05) is 6.61 Å². The van der Waals surface area contributed by atoms with Gasteiger partial charge in [0, 0.05) is 11.1 Å². The van der Waals surface area contributed by atoms with Crippen LogP contribution in [0.25, 0.3) is 0 Å². The Morgan fingerprint density at radius 2 is 2.18 bits per heavy atom. The van der Waals surface area contributed by atoms with Gasteiger partial charge in [-0.15, -0.1) is 0 Å². The first-order valence-corrected chi connectivity index (χ1v) is 5.53. The van der Waals surface area contributed by atoms with Crippen LogP contribution in [0.1, 0.15) is 25.8 Å². The molecule has 0 saturated heterocycles. The van der Waals surface area contributed by atoms with Crippen molar-refractivity contribution in [3.05, 3.63) is 33.9 Å². The average molecular weight is 238 g/mol. The van der Waals surface area contributed by atoms with Gasteiger partial charge in [-0.05, 0) is 26.3 Å². The highest BCUT2D eigenvalue weighted by Crippen LogP contribution is 2.30. The summed E-state index contributed by atoms with van der Waals surface area (Å²) in [7, 11) is 0. The van der Waals surface area contributed by atoms with E-state index in [1.54, 1.807) is 25.1 Å². The topological polar surface area (TPSA) is 78.4 Å². The fraction of sp³-hybridized carbons (Fsp3) is 0.500. The number of hydrogen-bond donors (Lipinski definition) is 1. The number of nitro benzene ring substituents is 1. The van der Waals surface area contributed by atoms with Gasteiger partial charge in [0.05, 0.1) is 4.92 Å². The highest BCUT2D eigenvalue weighted by atomic mass is 16.6. The van der Waals surface area contributed by atoms with Crippen LogP contribution in [0.15, 0.2) is 18.2 Å². The summed E-state index contributed by atoms with van der Waals surface area (Å²) >= 11 is 0. The smallest absolute Gasteiger partial charge is 0.313 e. The van der Waals surface area contributed by atoms with Gasteiger partial charge in [-0.25, -0.2) is 0 Å². The van der Waals surface area contributed by atoms with Gasteiger partial charge in [-0.3, -0.25) is 10.1 Å². The molecule has 1 aromatic carbocycles. The maximum atomic E-state index is 10.9. The monoisotopic (exact) mass is 238 g/mol. The number of aryl methyl sites for hydroxylation is 1. The number of nitrogens with zero attached hydrogens (tertiary/aromatic N) is 1. The van der Waals surface area contributed by atoms with Gasteiger partial charge >= 0.3 is 5.69 Å². The number of rotatable bonds is 5. The zero-order valence-electron chi connectivity index (χ0n) is 10.4. The van der Waals surface area contributed by atoms with E-state index in [0.717, 1.165) is 6.42 Å². The molecule has 1 unspecified atom stereocenters. The molecule has 0 radical (unpaired) electrons. The predicted octanol–water partition coefficient (Wildman–Crippen LogP) is 2.41. The van der Waals surface area contributed by atoms with E-state index >= 15 is 0 Å². The normalized spacial score (nSPS) is 14.1. The fourth-order valence-electron chi connectivity index (χ4n) is 1.33. The van der Waals surface area contributed by atoms with Crippen LogP contribution < -0.4 is 10.5 Å². The Hall–Kier alpha value is -1.62. The standard InChI is InChI=1S/C12H18N2O3/c1-4-12(3,13)8-17-10-7-5-6-9(2)11(10)14(15)16/h5-7H,4,8,13H2,1-3H3. The lowest BCUT2D eigenvalue weighted by atomic mass is 10.0. The molecule has 0 bridgehead atoms. The zero-order chi connectivity index (χ0) is 13.1. The molecule has 0 heterocycles. The quantitative estimate of drug-likeness (QED) is 0.631. The molecule has 0 aliphatic rings. The minimum absolute atomic E-state index is 0.0133. The summed E-state index contributed by atoms with van der Waals surface area (Å²) in [5.41, 5.74) is 6.06. The Labute approximate surface area is 101 Å². The molecule has 0 saturated carbocycles. The molecule has 0 spiro atoms. The second kappa shape index (κ2) is 5.14. The Morgan fingerprint density at radius 1 is 1.53 bits per heavy atom. The van der Waals surface area contributed by atoms with Crippen LogP contribution >= 0.6 is 0 Å². The van der Waals surface area contributed by atoms with E-state index in [9.17, 15) is 10.1 Å². The molecule has 1 aromatic rings. The molecule has 5 nitrogen and oxygen atoms in total. The van der Waals surface area contributed by atoms with Crippen molar-refractivity contribution in [3.8, 4) is 5.75 Å². The Morgan fingerprint density at radius 3 is 2.71 bits per heavy atom. The molecule has 5 heteroatoms. The minimum Gasteiger partial charge on any atom is -0.485 e. The maximum absolute atomic E-state index is 10.9. The van der Waals surface area contributed by atoms with Crippen LogP contribution in [0.2, 0.25) is 0 Å². The van der Waals surface area contributed by atoms with E-state index in [4.69, 9.17) is 10.5 Å². The molecule has 1 atom stereocenters. The molecule has 0 aliphatic carbocycles. The lowest BCUT2D eigenvalue weighted by Gasteiger charge is -2.22. The summed E-state index contributed by atoms with van der Waals surface area (Å²) in [6, 6.07) is 5.01. The average Bonchev–Trinajstić information content (AvgIpc) is 2.26. The number of para-hydroxylation sites is 1. The van der Waals surface area contributed by atoms with E-state index in [1.165, 1.54) is 0 Å². The van der Waals surface area contributed by atoms with Crippen molar-refractivity contribution in [2.45, 2.75) is 32.7 Å². The van der Waals surface area contributed by atoms with Crippen molar-refractivity contribution in [3.63, 3.8) is 0 Å². The summed E-state index contributed by atoms with van der Waals surface area (Å²) in [6.07, 6.45) is 0.743. The molecule has 0 amide bonds. The zero-order valence-corrected chi connectivity index (χ0v) is 10.4. The van der Waals surface area contributed by atoms with E-state index in [0.29, 0.717) is 5.56 Å². The third-order valence-corrected chi connectivity index (χ3v) is 2.75. The predicted molar refractivity (Wildman–Crippen MR) is 66.2 cm³/mol.